The highest BCUT2D eigenvalue weighted by Crippen LogP contribution is 2.27. The summed E-state index contributed by atoms with van der Waals surface area (Å²) >= 11 is 0. The highest BCUT2D eigenvalue weighted by Gasteiger charge is 2.21. The second-order valence-corrected chi connectivity index (χ2v) is 7.55. The minimum Gasteiger partial charge on any atom is -0.355 e. The van der Waals surface area contributed by atoms with E-state index in [1.165, 1.54) is 23.3 Å². The molecule has 0 fully saturated rings. The average molecular weight is 405 g/mol. The topological polar surface area (TPSA) is 32.3 Å². The number of aryl methyl sites for hydroxylation is 1. The second-order valence-electron chi connectivity index (χ2n) is 7.55. The molecule has 30 heavy (non-hydrogen) atoms. The van der Waals surface area contributed by atoms with Crippen molar-refractivity contribution in [2.75, 3.05) is 20.1 Å². The molecule has 0 aliphatic heterocycles. The van der Waals surface area contributed by atoms with Gasteiger partial charge < -0.3 is 5.32 Å². The van der Waals surface area contributed by atoms with Gasteiger partial charge in [-0.25, -0.2) is 4.39 Å². The first-order valence-electron chi connectivity index (χ1n) is 10.4. The van der Waals surface area contributed by atoms with Gasteiger partial charge in [0.15, 0.2) is 0 Å². The van der Waals surface area contributed by atoms with E-state index >= 15 is 0 Å². The van der Waals surface area contributed by atoms with Crippen LogP contribution in [0.5, 0.6) is 0 Å². The zero-order valence-electron chi connectivity index (χ0n) is 17.6. The van der Waals surface area contributed by atoms with E-state index in [0.717, 1.165) is 24.0 Å². The molecule has 0 radical (unpaired) electrons. The number of hydrogen-bond acceptors (Lipinski definition) is 2. The number of nitrogens with zero attached hydrogens (tertiary/aromatic N) is 1. The molecular weight excluding hydrogens is 375 g/mol. The lowest BCUT2D eigenvalue weighted by Crippen LogP contribution is -2.38. The molecule has 0 aliphatic rings. The fourth-order valence-corrected chi connectivity index (χ4v) is 3.64. The van der Waals surface area contributed by atoms with Gasteiger partial charge in [0.1, 0.15) is 5.82 Å². The maximum atomic E-state index is 13.4. The summed E-state index contributed by atoms with van der Waals surface area (Å²) in [4.78, 5) is 14.5. The van der Waals surface area contributed by atoms with E-state index in [-0.39, 0.29) is 24.3 Å². The summed E-state index contributed by atoms with van der Waals surface area (Å²) in [5.41, 5.74) is 4.55. The SMILES string of the molecule is CCc1ccc(CCNC(=O)CN(C)C(c2ccccc2)c2ccc(F)cc2)cc1. The molecule has 0 aromatic heterocycles. The van der Waals surface area contributed by atoms with Gasteiger partial charge in [0.05, 0.1) is 12.6 Å². The lowest BCUT2D eigenvalue weighted by atomic mass is 9.97. The van der Waals surface area contributed by atoms with Crippen molar-refractivity contribution in [2.45, 2.75) is 25.8 Å². The molecule has 1 amide bonds. The largest absolute Gasteiger partial charge is 0.355 e. The number of halogens is 1. The molecule has 0 saturated heterocycles. The molecule has 1 atom stereocenters. The number of amides is 1. The Kier molecular flexibility index (Phi) is 7.75. The third-order valence-electron chi connectivity index (χ3n) is 5.30. The molecule has 0 saturated carbocycles. The molecule has 3 aromatic carbocycles. The Morgan fingerprint density at radius 2 is 1.50 bits per heavy atom. The Bertz CT molecular complexity index is 924. The van der Waals surface area contributed by atoms with Crippen LogP contribution in [0.15, 0.2) is 78.9 Å². The monoisotopic (exact) mass is 404 g/mol. The molecule has 0 aliphatic carbocycles. The Morgan fingerprint density at radius 1 is 0.900 bits per heavy atom. The second kappa shape index (κ2) is 10.7. The summed E-state index contributed by atoms with van der Waals surface area (Å²) in [6.45, 7) is 3.00. The van der Waals surface area contributed by atoms with Gasteiger partial charge in [-0.15, -0.1) is 0 Å². The van der Waals surface area contributed by atoms with E-state index in [1.54, 1.807) is 12.1 Å². The molecule has 0 spiro atoms. The third kappa shape index (κ3) is 6.01. The van der Waals surface area contributed by atoms with Gasteiger partial charge in [0.2, 0.25) is 5.91 Å². The maximum absolute atomic E-state index is 13.4. The Hall–Kier alpha value is -2.98. The van der Waals surface area contributed by atoms with Crippen LogP contribution in [0.25, 0.3) is 0 Å². The quantitative estimate of drug-likeness (QED) is 0.557. The standard InChI is InChI=1S/C26H29FN2O/c1-3-20-9-11-21(12-10-20)17-18-28-25(30)19-29(2)26(22-7-5-4-6-8-22)23-13-15-24(27)16-14-23/h4-16,26H,3,17-19H2,1-2H3,(H,28,30). The lowest BCUT2D eigenvalue weighted by Gasteiger charge is -2.28. The van der Waals surface area contributed by atoms with E-state index in [1.807, 2.05) is 42.3 Å². The van der Waals surface area contributed by atoms with Crippen molar-refractivity contribution >= 4 is 5.91 Å². The Labute approximate surface area is 178 Å². The van der Waals surface area contributed by atoms with Crippen molar-refractivity contribution in [1.29, 1.82) is 0 Å². The van der Waals surface area contributed by atoms with Crippen molar-refractivity contribution in [2.24, 2.45) is 0 Å². The minimum absolute atomic E-state index is 0.0225. The van der Waals surface area contributed by atoms with E-state index in [4.69, 9.17) is 0 Å². The fraction of sp³-hybridized carbons (Fsp3) is 0.269. The van der Waals surface area contributed by atoms with Crippen molar-refractivity contribution in [3.05, 3.63) is 107 Å². The van der Waals surface area contributed by atoms with Gasteiger partial charge >= 0.3 is 0 Å². The molecule has 4 heteroatoms. The van der Waals surface area contributed by atoms with Gasteiger partial charge in [0, 0.05) is 6.54 Å². The molecule has 0 bridgehead atoms. The predicted molar refractivity (Wildman–Crippen MR) is 120 cm³/mol. The Morgan fingerprint density at radius 3 is 2.13 bits per heavy atom. The number of benzene rings is 3. The van der Waals surface area contributed by atoms with Crippen LogP contribution >= 0.6 is 0 Å². The van der Waals surface area contributed by atoms with Crippen molar-refractivity contribution in [3.63, 3.8) is 0 Å². The van der Waals surface area contributed by atoms with Crippen LogP contribution in [-0.4, -0.2) is 30.9 Å². The first-order chi connectivity index (χ1) is 14.6. The van der Waals surface area contributed by atoms with Crippen molar-refractivity contribution in [3.8, 4) is 0 Å². The molecule has 1 unspecified atom stereocenters. The Balaban J connectivity index is 1.61. The number of likely N-dealkylation sites (N-methyl/N-ethyl adjacent to an activating group) is 1. The lowest BCUT2D eigenvalue weighted by molar-refractivity contribution is -0.122. The molecule has 3 nitrogen and oxygen atoms in total. The van der Waals surface area contributed by atoms with Crippen LogP contribution in [0.2, 0.25) is 0 Å². The number of hydrogen-bond donors (Lipinski definition) is 1. The summed E-state index contributed by atoms with van der Waals surface area (Å²) in [6.07, 6.45) is 1.83. The van der Waals surface area contributed by atoms with Gasteiger partial charge in [-0.05, 0) is 54.3 Å². The summed E-state index contributed by atoms with van der Waals surface area (Å²) < 4.78 is 13.4. The molecular formula is C26H29FN2O. The normalized spacial score (nSPS) is 12.0. The number of carbonyl (C=O) groups is 1. The van der Waals surface area contributed by atoms with Crippen molar-refractivity contribution in [1.82, 2.24) is 10.2 Å². The minimum atomic E-state index is -0.266. The summed E-state index contributed by atoms with van der Waals surface area (Å²) in [5.74, 6) is -0.288. The van der Waals surface area contributed by atoms with E-state index < -0.39 is 0 Å². The van der Waals surface area contributed by atoms with Gasteiger partial charge in [0.25, 0.3) is 0 Å². The predicted octanol–water partition coefficient (Wildman–Crippen LogP) is 4.77. The summed E-state index contributed by atoms with van der Waals surface area (Å²) in [7, 11) is 1.92. The maximum Gasteiger partial charge on any atom is 0.234 e. The average Bonchev–Trinajstić information content (AvgIpc) is 2.76. The number of rotatable bonds is 9. The molecule has 1 N–H and O–H groups in total. The zero-order valence-corrected chi connectivity index (χ0v) is 17.6. The highest BCUT2D eigenvalue weighted by molar-refractivity contribution is 5.78. The van der Waals surface area contributed by atoms with Crippen molar-refractivity contribution < 1.29 is 9.18 Å². The molecule has 3 rings (SSSR count). The van der Waals surface area contributed by atoms with Crippen LogP contribution < -0.4 is 5.32 Å². The summed E-state index contributed by atoms with van der Waals surface area (Å²) in [6, 6.07) is 24.8. The molecule has 0 heterocycles. The van der Waals surface area contributed by atoms with Crippen LogP contribution in [0.1, 0.15) is 35.2 Å². The van der Waals surface area contributed by atoms with Crippen LogP contribution in [0.4, 0.5) is 4.39 Å². The third-order valence-corrected chi connectivity index (χ3v) is 5.30. The highest BCUT2D eigenvalue weighted by atomic mass is 19.1. The van der Waals surface area contributed by atoms with Gasteiger partial charge in [-0.1, -0.05) is 73.7 Å². The number of nitrogens with one attached hydrogen (secondary N) is 1. The summed E-state index contributed by atoms with van der Waals surface area (Å²) in [5, 5.41) is 3.02. The zero-order chi connectivity index (χ0) is 21.3. The first-order valence-corrected chi connectivity index (χ1v) is 10.4. The van der Waals surface area contributed by atoms with E-state index in [9.17, 15) is 9.18 Å². The van der Waals surface area contributed by atoms with Crippen LogP contribution in [0, 0.1) is 5.82 Å². The van der Waals surface area contributed by atoms with Gasteiger partial charge in [-0.2, -0.15) is 0 Å². The molecule has 3 aromatic rings. The van der Waals surface area contributed by atoms with E-state index in [0.29, 0.717) is 6.54 Å². The fourth-order valence-electron chi connectivity index (χ4n) is 3.64. The van der Waals surface area contributed by atoms with Crippen LogP contribution in [0.3, 0.4) is 0 Å². The smallest absolute Gasteiger partial charge is 0.234 e. The van der Waals surface area contributed by atoms with Crippen LogP contribution in [-0.2, 0) is 17.6 Å². The molecule has 156 valence electrons. The van der Waals surface area contributed by atoms with Gasteiger partial charge in [-0.3, -0.25) is 9.69 Å². The number of carbonyl (C=O) groups excluding carboxylic acids is 1. The first kappa shape index (κ1) is 21.7. The van der Waals surface area contributed by atoms with E-state index in [2.05, 4.69) is 36.5 Å².